The van der Waals surface area contributed by atoms with Crippen molar-refractivity contribution in [1.29, 1.82) is 0 Å². The zero-order valence-corrected chi connectivity index (χ0v) is 11.3. The van der Waals surface area contributed by atoms with E-state index in [0.717, 1.165) is 18.2 Å². The van der Waals surface area contributed by atoms with E-state index in [0.29, 0.717) is 24.6 Å². The van der Waals surface area contributed by atoms with Crippen molar-refractivity contribution in [2.24, 2.45) is 5.92 Å². The maximum absolute atomic E-state index is 11.5. The van der Waals surface area contributed by atoms with Crippen LogP contribution in [-0.4, -0.2) is 33.7 Å². The lowest BCUT2D eigenvalue weighted by Gasteiger charge is -2.27. The molecule has 0 aromatic heterocycles. The van der Waals surface area contributed by atoms with E-state index in [-0.39, 0.29) is 11.1 Å². The van der Waals surface area contributed by atoms with Gasteiger partial charge in [-0.3, -0.25) is 14.5 Å². The van der Waals surface area contributed by atoms with Gasteiger partial charge in [0.1, 0.15) is 0 Å². The second-order valence-electron chi connectivity index (χ2n) is 3.68. The second kappa shape index (κ2) is 6.53. The quantitative estimate of drug-likeness (QED) is 0.732. The molecule has 1 saturated heterocycles. The third-order valence-electron chi connectivity index (χ3n) is 2.42. The van der Waals surface area contributed by atoms with Gasteiger partial charge in [0.25, 0.3) is 5.24 Å². The Morgan fingerprint density at radius 3 is 2.80 bits per heavy atom. The molecule has 1 aliphatic heterocycles. The number of halogens is 1. The Hall–Kier alpha value is -0.0300. The van der Waals surface area contributed by atoms with Crippen molar-refractivity contribution >= 4 is 38.8 Å². The Morgan fingerprint density at radius 2 is 2.27 bits per heavy atom. The second-order valence-corrected chi connectivity index (χ2v) is 5.37. The van der Waals surface area contributed by atoms with Gasteiger partial charge in [0.2, 0.25) is 5.91 Å². The Morgan fingerprint density at radius 1 is 1.53 bits per heavy atom. The molecule has 86 valence electrons. The molecule has 1 fully saturated rings. The van der Waals surface area contributed by atoms with Gasteiger partial charge in [0.15, 0.2) is 0 Å². The van der Waals surface area contributed by atoms with Crippen LogP contribution in [0.2, 0.25) is 0 Å². The monoisotopic (exact) mass is 293 g/mol. The van der Waals surface area contributed by atoms with Gasteiger partial charge in [-0.2, -0.15) is 0 Å². The van der Waals surface area contributed by atoms with Crippen molar-refractivity contribution in [1.82, 2.24) is 4.90 Å². The molecule has 0 radical (unpaired) electrons. The predicted molar refractivity (Wildman–Crippen MR) is 66.4 cm³/mol. The molecule has 0 aromatic rings. The summed E-state index contributed by atoms with van der Waals surface area (Å²) < 4.78 is 0. The molecule has 0 bridgehead atoms. The first-order valence-electron chi connectivity index (χ1n) is 5.22. The number of imide groups is 1. The lowest BCUT2D eigenvalue weighted by Crippen LogP contribution is -2.41. The molecule has 1 rings (SSSR count). The number of carbonyl (C=O) groups excluding carboxylic acids is 2. The molecule has 3 nitrogen and oxygen atoms in total. The summed E-state index contributed by atoms with van der Waals surface area (Å²) >= 11 is 4.68. The van der Waals surface area contributed by atoms with E-state index in [1.165, 1.54) is 16.7 Å². The normalized spacial score (nSPS) is 19.5. The molecular formula is C10H16BrNO2S. The summed E-state index contributed by atoms with van der Waals surface area (Å²) in [5, 5.41) is 0.774. The van der Waals surface area contributed by atoms with Crippen LogP contribution in [0.5, 0.6) is 0 Å². The number of alkyl halides is 1. The number of amides is 2. The molecule has 0 saturated carbocycles. The SMILES string of the molecule is CCCC(CBr)CN1C(=O)CCSC1=O. The zero-order valence-electron chi connectivity index (χ0n) is 8.87. The lowest BCUT2D eigenvalue weighted by molar-refractivity contribution is -0.128. The van der Waals surface area contributed by atoms with Crippen LogP contribution in [0.1, 0.15) is 26.2 Å². The van der Waals surface area contributed by atoms with Crippen LogP contribution in [0.25, 0.3) is 0 Å². The molecule has 0 spiro atoms. The highest BCUT2D eigenvalue weighted by Gasteiger charge is 2.28. The van der Waals surface area contributed by atoms with Gasteiger partial charge in [-0.1, -0.05) is 41.0 Å². The summed E-state index contributed by atoms with van der Waals surface area (Å²) in [5.41, 5.74) is 0. The summed E-state index contributed by atoms with van der Waals surface area (Å²) in [5.74, 6) is 1.02. The van der Waals surface area contributed by atoms with Gasteiger partial charge >= 0.3 is 0 Å². The Kier molecular flexibility index (Phi) is 5.68. The summed E-state index contributed by atoms with van der Waals surface area (Å²) in [6, 6.07) is 0. The van der Waals surface area contributed by atoms with Crippen molar-refractivity contribution in [2.75, 3.05) is 17.6 Å². The van der Waals surface area contributed by atoms with Gasteiger partial charge in [0.05, 0.1) is 0 Å². The number of carbonyl (C=O) groups is 2. The van der Waals surface area contributed by atoms with E-state index >= 15 is 0 Å². The van der Waals surface area contributed by atoms with Crippen LogP contribution < -0.4 is 0 Å². The number of thioether (sulfide) groups is 1. The fourth-order valence-electron chi connectivity index (χ4n) is 1.60. The fraction of sp³-hybridized carbons (Fsp3) is 0.800. The standard InChI is InChI=1S/C10H16BrNO2S/c1-2-3-8(6-11)7-12-9(13)4-5-15-10(12)14/h8H,2-7H2,1H3. The minimum atomic E-state index is -0.0756. The van der Waals surface area contributed by atoms with E-state index < -0.39 is 0 Å². The molecule has 0 aliphatic carbocycles. The molecule has 2 amide bonds. The summed E-state index contributed by atoms with van der Waals surface area (Å²) in [4.78, 5) is 24.5. The van der Waals surface area contributed by atoms with Gasteiger partial charge in [-0.05, 0) is 12.3 Å². The molecule has 0 aromatic carbocycles. The molecule has 1 aliphatic rings. The minimum Gasteiger partial charge on any atom is -0.274 e. The summed E-state index contributed by atoms with van der Waals surface area (Å²) in [7, 11) is 0. The fourth-order valence-corrected chi connectivity index (χ4v) is 2.91. The Bertz CT molecular complexity index is 232. The minimum absolute atomic E-state index is 0.0131. The summed E-state index contributed by atoms with van der Waals surface area (Å²) in [6.07, 6.45) is 2.63. The first-order valence-corrected chi connectivity index (χ1v) is 7.32. The van der Waals surface area contributed by atoms with Crippen LogP contribution in [0, 0.1) is 5.92 Å². The van der Waals surface area contributed by atoms with Crippen LogP contribution in [0.15, 0.2) is 0 Å². The van der Waals surface area contributed by atoms with E-state index in [4.69, 9.17) is 0 Å². The maximum Gasteiger partial charge on any atom is 0.288 e. The number of nitrogens with zero attached hydrogens (tertiary/aromatic N) is 1. The highest BCUT2D eigenvalue weighted by atomic mass is 79.9. The van der Waals surface area contributed by atoms with Gasteiger partial charge < -0.3 is 0 Å². The molecule has 1 unspecified atom stereocenters. The molecule has 0 N–H and O–H groups in total. The van der Waals surface area contributed by atoms with Crippen molar-refractivity contribution in [2.45, 2.75) is 26.2 Å². The number of hydrogen-bond acceptors (Lipinski definition) is 3. The smallest absolute Gasteiger partial charge is 0.274 e. The van der Waals surface area contributed by atoms with E-state index in [2.05, 4.69) is 22.9 Å². The highest BCUT2D eigenvalue weighted by Crippen LogP contribution is 2.21. The lowest BCUT2D eigenvalue weighted by atomic mass is 10.1. The van der Waals surface area contributed by atoms with E-state index in [9.17, 15) is 9.59 Å². The molecule has 15 heavy (non-hydrogen) atoms. The van der Waals surface area contributed by atoms with Crippen LogP contribution in [-0.2, 0) is 4.79 Å². The van der Waals surface area contributed by atoms with Gasteiger partial charge in [-0.15, -0.1) is 0 Å². The van der Waals surface area contributed by atoms with Crippen LogP contribution >= 0.6 is 27.7 Å². The largest absolute Gasteiger partial charge is 0.288 e. The average molecular weight is 294 g/mol. The molecule has 5 heteroatoms. The molecular weight excluding hydrogens is 278 g/mol. The predicted octanol–water partition coefficient (Wildman–Crippen LogP) is 2.88. The molecule has 1 atom stereocenters. The number of rotatable bonds is 5. The Balaban J connectivity index is 2.52. The number of hydrogen-bond donors (Lipinski definition) is 0. The molecule has 1 heterocycles. The third-order valence-corrected chi connectivity index (χ3v) is 4.21. The first-order chi connectivity index (χ1) is 7.19. The average Bonchev–Trinajstić information content (AvgIpc) is 2.22. The Labute approximate surface area is 103 Å². The van der Waals surface area contributed by atoms with Crippen molar-refractivity contribution < 1.29 is 9.59 Å². The van der Waals surface area contributed by atoms with Gasteiger partial charge in [0, 0.05) is 24.0 Å². The van der Waals surface area contributed by atoms with E-state index in [1.54, 1.807) is 0 Å². The summed E-state index contributed by atoms with van der Waals surface area (Å²) in [6.45, 7) is 2.69. The zero-order chi connectivity index (χ0) is 11.3. The topological polar surface area (TPSA) is 37.4 Å². The van der Waals surface area contributed by atoms with Gasteiger partial charge in [-0.25, -0.2) is 0 Å². The van der Waals surface area contributed by atoms with Crippen molar-refractivity contribution in [3.8, 4) is 0 Å². The van der Waals surface area contributed by atoms with Crippen molar-refractivity contribution in [3.63, 3.8) is 0 Å². The van der Waals surface area contributed by atoms with Crippen molar-refractivity contribution in [3.05, 3.63) is 0 Å². The van der Waals surface area contributed by atoms with E-state index in [1.807, 2.05) is 0 Å². The van der Waals surface area contributed by atoms with Crippen LogP contribution in [0.4, 0.5) is 4.79 Å². The highest BCUT2D eigenvalue weighted by molar-refractivity contribution is 9.09. The van der Waals surface area contributed by atoms with Crippen LogP contribution in [0.3, 0.4) is 0 Å². The first kappa shape index (κ1) is 13.0. The third kappa shape index (κ3) is 3.79. The maximum atomic E-state index is 11.5.